The van der Waals surface area contributed by atoms with Crippen molar-refractivity contribution in [3.8, 4) is 5.75 Å². The number of nitrogens with one attached hydrogen (secondary N) is 1. The Morgan fingerprint density at radius 1 is 1.35 bits per heavy atom. The second-order valence-electron chi connectivity index (χ2n) is 5.13. The van der Waals surface area contributed by atoms with Gasteiger partial charge in [0.2, 0.25) is 0 Å². The SMILES string of the molecule is Cc1cccc(OCCNC2CCCC2C)c1. The molecular formula is C15H23NO. The van der Waals surface area contributed by atoms with Crippen LogP contribution in [0.2, 0.25) is 0 Å². The molecule has 2 heteroatoms. The highest BCUT2D eigenvalue weighted by Gasteiger charge is 2.22. The summed E-state index contributed by atoms with van der Waals surface area (Å²) in [4.78, 5) is 0. The number of hydrogen-bond acceptors (Lipinski definition) is 2. The predicted molar refractivity (Wildman–Crippen MR) is 71.5 cm³/mol. The van der Waals surface area contributed by atoms with Gasteiger partial charge in [0.25, 0.3) is 0 Å². The van der Waals surface area contributed by atoms with Crippen molar-refractivity contribution in [2.45, 2.75) is 39.2 Å². The van der Waals surface area contributed by atoms with Crippen molar-refractivity contribution in [1.29, 1.82) is 0 Å². The Balaban J connectivity index is 1.66. The zero-order valence-electron chi connectivity index (χ0n) is 10.9. The molecule has 1 saturated carbocycles. The Hall–Kier alpha value is -1.02. The summed E-state index contributed by atoms with van der Waals surface area (Å²) in [6.07, 6.45) is 4.07. The van der Waals surface area contributed by atoms with Crippen LogP contribution in [-0.4, -0.2) is 19.2 Å². The summed E-state index contributed by atoms with van der Waals surface area (Å²) in [7, 11) is 0. The molecule has 1 aromatic carbocycles. The Bertz CT molecular complexity index is 351. The van der Waals surface area contributed by atoms with Crippen molar-refractivity contribution in [2.24, 2.45) is 5.92 Å². The summed E-state index contributed by atoms with van der Waals surface area (Å²) in [5, 5.41) is 3.59. The van der Waals surface area contributed by atoms with Gasteiger partial charge in [0.05, 0.1) is 0 Å². The number of ether oxygens (including phenoxy) is 1. The minimum Gasteiger partial charge on any atom is -0.492 e. The first-order chi connectivity index (χ1) is 8.25. The molecule has 17 heavy (non-hydrogen) atoms. The van der Waals surface area contributed by atoms with E-state index >= 15 is 0 Å². The van der Waals surface area contributed by atoms with Crippen LogP contribution in [0.25, 0.3) is 0 Å². The van der Waals surface area contributed by atoms with E-state index in [2.05, 4.69) is 31.3 Å². The van der Waals surface area contributed by atoms with E-state index in [-0.39, 0.29) is 0 Å². The minimum atomic E-state index is 0.705. The molecule has 0 radical (unpaired) electrons. The first-order valence-electron chi connectivity index (χ1n) is 6.68. The maximum absolute atomic E-state index is 5.72. The van der Waals surface area contributed by atoms with Gasteiger partial charge in [0, 0.05) is 12.6 Å². The Morgan fingerprint density at radius 2 is 2.24 bits per heavy atom. The molecule has 0 bridgehead atoms. The first kappa shape index (κ1) is 12.4. The van der Waals surface area contributed by atoms with Gasteiger partial charge in [-0.2, -0.15) is 0 Å². The van der Waals surface area contributed by atoms with E-state index in [4.69, 9.17) is 4.74 Å². The standard InChI is InChI=1S/C15H23NO/c1-12-5-3-7-14(11-12)17-10-9-16-15-8-4-6-13(15)2/h3,5,7,11,13,15-16H,4,6,8-10H2,1-2H3. The first-order valence-corrected chi connectivity index (χ1v) is 6.68. The lowest BCUT2D eigenvalue weighted by molar-refractivity contribution is 0.296. The second kappa shape index (κ2) is 6.06. The lowest BCUT2D eigenvalue weighted by Crippen LogP contribution is -2.34. The van der Waals surface area contributed by atoms with Gasteiger partial charge in [0.1, 0.15) is 12.4 Å². The molecule has 1 aromatic rings. The van der Waals surface area contributed by atoms with Crippen molar-refractivity contribution < 1.29 is 4.74 Å². The van der Waals surface area contributed by atoms with Crippen LogP contribution < -0.4 is 10.1 Å². The topological polar surface area (TPSA) is 21.3 Å². The summed E-state index contributed by atoms with van der Waals surface area (Å²) < 4.78 is 5.72. The molecule has 2 unspecified atom stereocenters. The van der Waals surface area contributed by atoms with E-state index in [0.29, 0.717) is 6.04 Å². The van der Waals surface area contributed by atoms with Crippen LogP contribution in [-0.2, 0) is 0 Å². The number of aryl methyl sites for hydroxylation is 1. The molecular weight excluding hydrogens is 210 g/mol. The van der Waals surface area contributed by atoms with Crippen molar-refractivity contribution in [3.63, 3.8) is 0 Å². The van der Waals surface area contributed by atoms with Crippen molar-refractivity contribution >= 4 is 0 Å². The van der Waals surface area contributed by atoms with Gasteiger partial charge in [-0.25, -0.2) is 0 Å². The highest BCUT2D eigenvalue weighted by Crippen LogP contribution is 2.24. The maximum atomic E-state index is 5.72. The summed E-state index contributed by atoms with van der Waals surface area (Å²) in [6, 6.07) is 8.93. The fourth-order valence-electron chi connectivity index (χ4n) is 2.57. The van der Waals surface area contributed by atoms with E-state index in [1.54, 1.807) is 0 Å². The molecule has 1 aliphatic carbocycles. The molecule has 0 amide bonds. The summed E-state index contributed by atoms with van der Waals surface area (Å²) in [5.41, 5.74) is 1.25. The lowest BCUT2D eigenvalue weighted by atomic mass is 10.1. The van der Waals surface area contributed by atoms with Crippen LogP contribution in [0, 0.1) is 12.8 Å². The fraction of sp³-hybridized carbons (Fsp3) is 0.600. The van der Waals surface area contributed by atoms with Gasteiger partial charge in [-0.3, -0.25) is 0 Å². The fourth-order valence-corrected chi connectivity index (χ4v) is 2.57. The van der Waals surface area contributed by atoms with Crippen molar-refractivity contribution in [1.82, 2.24) is 5.32 Å². The van der Waals surface area contributed by atoms with Gasteiger partial charge < -0.3 is 10.1 Å². The zero-order valence-corrected chi connectivity index (χ0v) is 10.9. The third kappa shape index (κ3) is 3.74. The Kier molecular flexibility index (Phi) is 4.43. The molecule has 1 aliphatic rings. The molecule has 0 aliphatic heterocycles. The van der Waals surface area contributed by atoms with Crippen LogP contribution in [0.3, 0.4) is 0 Å². The van der Waals surface area contributed by atoms with Gasteiger partial charge in [-0.05, 0) is 43.4 Å². The average Bonchev–Trinajstić information content (AvgIpc) is 2.71. The van der Waals surface area contributed by atoms with E-state index in [0.717, 1.165) is 24.8 Å². The van der Waals surface area contributed by atoms with Crippen molar-refractivity contribution in [3.05, 3.63) is 29.8 Å². The van der Waals surface area contributed by atoms with Crippen LogP contribution >= 0.6 is 0 Å². The van der Waals surface area contributed by atoms with Crippen LogP contribution in [0.5, 0.6) is 5.75 Å². The van der Waals surface area contributed by atoms with Crippen molar-refractivity contribution in [2.75, 3.05) is 13.2 Å². The van der Waals surface area contributed by atoms with Gasteiger partial charge in [-0.15, -0.1) is 0 Å². The average molecular weight is 233 g/mol. The van der Waals surface area contributed by atoms with Crippen LogP contribution in [0.1, 0.15) is 31.7 Å². The molecule has 0 aromatic heterocycles. The summed E-state index contributed by atoms with van der Waals surface area (Å²) in [6.45, 7) is 6.13. The second-order valence-corrected chi connectivity index (χ2v) is 5.13. The molecule has 2 nitrogen and oxygen atoms in total. The zero-order chi connectivity index (χ0) is 12.1. The maximum Gasteiger partial charge on any atom is 0.119 e. The molecule has 94 valence electrons. The predicted octanol–water partition coefficient (Wildman–Crippen LogP) is 3.15. The number of hydrogen-bond donors (Lipinski definition) is 1. The third-order valence-corrected chi connectivity index (χ3v) is 3.63. The summed E-state index contributed by atoms with van der Waals surface area (Å²) >= 11 is 0. The number of rotatable bonds is 5. The quantitative estimate of drug-likeness (QED) is 0.789. The Labute approximate surface area is 104 Å². The molecule has 2 atom stereocenters. The monoisotopic (exact) mass is 233 g/mol. The highest BCUT2D eigenvalue weighted by atomic mass is 16.5. The molecule has 0 saturated heterocycles. The summed E-state index contributed by atoms with van der Waals surface area (Å²) in [5.74, 6) is 1.81. The molecule has 0 spiro atoms. The van der Waals surface area contributed by atoms with E-state index in [1.165, 1.54) is 24.8 Å². The van der Waals surface area contributed by atoms with Crippen LogP contribution in [0.4, 0.5) is 0 Å². The van der Waals surface area contributed by atoms with Gasteiger partial charge >= 0.3 is 0 Å². The molecule has 1 fully saturated rings. The molecule has 0 heterocycles. The Morgan fingerprint density at radius 3 is 2.94 bits per heavy atom. The minimum absolute atomic E-state index is 0.705. The van der Waals surface area contributed by atoms with Gasteiger partial charge in [0.15, 0.2) is 0 Å². The van der Waals surface area contributed by atoms with Crippen LogP contribution in [0.15, 0.2) is 24.3 Å². The molecule has 1 N–H and O–H groups in total. The highest BCUT2D eigenvalue weighted by molar-refractivity contribution is 5.27. The van der Waals surface area contributed by atoms with Gasteiger partial charge in [-0.1, -0.05) is 25.5 Å². The van der Waals surface area contributed by atoms with E-state index in [1.807, 2.05) is 12.1 Å². The normalized spacial score (nSPS) is 23.9. The lowest BCUT2D eigenvalue weighted by Gasteiger charge is -2.17. The smallest absolute Gasteiger partial charge is 0.119 e. The number of benzene rings is 1. The third-order valence-electron chi connectivity index (χ3n) is 3.63. The molecule has 2 rings (SSSR count). The van der Waals surface area contributed by atoms with E-state index in [9.17, 15) is 0 Å². The van der Waals surface area contributed by atoms with E-state index < -0.39 is 0 Å². The largest absolute Gasteiger partial charge is 0.492 e.